The van der Waals surface area contributed by atoms with Gasteiger partial charge in [0, 0.05) is 40.6 Å². The number of aromatic nitrogens is 4. The van der Waals surface area contributed by atoms with Gasteiger partial charge in [0.1, 0.15) is 11.8 Å². The number of anilines is 1. The van der Waals surface area contributed by atoms with Crippen molar-refractivity contribution in [3.63, 3.8) is 0 Å². The van der Waals surface area contributed by atoms with Crippen molar-refractivity contribution < 1.29 is 9.53 Å². The van der Waals surface area contributed by atoms with Gasteiger partial charge in [-0.3, -0.25) is 9.69 Å². The molecule has 35 heavy (non-hydrogen) atoms. The third-order valence-electron chi connectivity index (χ3n) is 7.11. The molecular weight excluding hydrogens is 510 g/mol. The second-order valence-corrected chi connectivity index (χ2v) is 10.2. The normalized spacial score (nSPS) is 20.6. The first-order valence-corrected chi connectivity index (χ1v) is 12.5. The summed E-state index contributed by atoms with van der Waals surface area (Å²) in [7, 11) is 3.77. The average molecular weight is 536 g/mol. The average Bonchev–Trinajstić information content (AvgIpc) is 3.58. The minimum absolute atomic E-state index is 0.0864. The van der Waals surface area contributed by atoms with Gasteiger partial charge in [-0.1, -0.05) is 6.07 Å². The van der Waals surface area contributed by atoms with Crippen molar-refractivity contribution >= 4 is 44.3 Å². The smallest absolute Gasteiger partial charge is 0.245 e. The first-order valence-electron chi connectivity index (χ1n) is 11.7. The molecule has 2 aromatic heterocycles. The van der Waals surface area contributed by atoms with Gasteiger partial charge in [-0.05, 0) is 72.7 Å². The van der Waals surface area contributed by atoms with Crippen LogP contribution in [-0.2, 0) is 4.79 Å². The summed E-state index contributed by atoms with van der Waals surface area (Å²) in [5.74, 6) is 1.91. The number of carbonyl (C=O) groups is 1. The number of ether oxygens (including phenoxy) is 1. The summed E-state index contributed by atoms with van der Waals surface area (Å²) in [6, 6.07) is 13.8. The van der Waals surface area contributed by atoms with E-state index in [0.29, 0.717) is 23.5 Å². The number of carbonyl (C=O) groups excluding carboxylic acids is 1. The highest BCUT2D eigenvalue weighted by Crippen LogP contribution is 2.31. The molecule has 1 unspecified atom stereocenters. The lowest BCUT2D eigenvalue weighted by atomic mass is 10.2. The molecule has 2 aliphatic heterocycles. The number of likely N-dealkylation sites (N-methyl/N-ethyl adjacent to an activating group) is 1. The zero-order valence-electron chi connectivity index (χ0n) is 19.8. The molecule has 3 atom stereocenters. The highest BCUT2D eigenvalue weighted by Gasteiger charge is 2.44. The van der Waals surface area contributed by atoms with Crippen LogP contribution in [-0.4, -0.2) is 80.7 Å². The van der Waals surface area contributed by atoms with E-state index in [-0.39, 0.29) is 11.9 Å². The van der Waals surface area contributed by atoms with Crippen molar-refractivity contribution in [2.45, 2.75) is 31.5 Å². The summed E-state index contributed by atoms with van der Waals surface area (Å²) >= 11 is 3.62. The predicted octanol–water partition coefficient (Wildman–Crippen LogP) is 3.43. The molecule has 0 aliphatic carbocycles. The van der Waals surface area contributed by atoms with Crippen molar-refractivity contribution in [1.29, 1.82) is 0 Å². The SMILES string of the molecule is COc1ccc(-c2nc3c4cccc(Br)c4nc(N[C@H](C)C(=O)N4CC5C[C@@H]4CN5C)n3n2)cc1. The zero-order valence-corrected chi connectivity index (χ0v) is 21.4. The van der Waals surface area contributed by atoms with Crippen LogP contribution in [0.15, 0.2) is 46.9 Å². The second kappa shape index (κ2) is 8.46. The summed E-state index contributed by atoms with van der Waals surface area (Å²) < 4.78 is 7.83. The quantitative estimate of drug-likeness (QED) is 0.418. The van der Waals surface area contributed by atoms with Gasteiger partial charge in [0.25, 0.3) is 0 Å². The molecule has 9 nitrogen and oxygen atoms in total. The summed E-state index contributed by atoms with van der Waals surface area (Å²) in [6.45, 7) is 3.60. The summed E-state index contributed by atoms with van der Waals surface area (Å²) in [5.41, 5.74) is 2.30. The van der Waals surface area contributed by atoms with Crippen LogP contribution in [0.25, 0.3) is 27.9 Å². The molecule has 2 aliphatic rings. The molecule has 180 valence electrons. The molecule has 4 heterocycles. The van der Waals surface area contributed by atoms with E-state index in [2.05, 4.69) is 33.2 Å². The number of fused-ring (bicyclic) bond motifs is 5. The van der Waals surface area contributed by atoms with Crippen molar-refractivity contribution in [3.05, 3.63) is 46.9 Å². The van der Waals surface area contributed by atoms with Crippen LogP contribution in [0.3, 0.4) is 0 Å². The van der Waals surface area contributed by atoms with Crippen LogP contribution in [0.5, 0.6) is 5.75 Å². The number of para-hydroxylation sites is 1. The number of piperazine rings is 1. The number of methoxy groups -OCH3 is 1. The molecule has 1 N–H and O–H groups in total. The Morgan fingerprint density at radius 2 is 1.94 bits per heavy atom. The Hall–Kier alpha value is -3.24. The van der Waals surface area contributed by atoms with Crippen LogP contribution >= 0.6 is 15.9 Å². The minimum Gasteiger partial charge on any atom is -0.497 e. The lowest BCUT2D eigenvalue weighted by Gasteiger charge is -2.33. The maximum absolute atomic E-state index is 13.4. The van der Waals surface area contributed by atoms with Gasteiger partial charge in [0.15, 0.2) is 11.5 Å². The number of likely N-dealkylation sites (tertiary alicyclic amines) is 2. The van der Waals surface area contributed by atoms with Crippen LogP contribution in [0.4, 0.5) is 5.95 Å². The summed E-state index contributed by atoms with van der Waals surface area (Å²) in [4.78, 5) is 27.4. The van der Waals surface area contributed by atoms with E-state index in [4.69, 9.17) is 19.8 Å². The van der Waals surface area contributed by atoms with E-state index in [1.165, 1.54) is 0 Å². The third-order valence-corrected chi connectivity index (χ3v) is 7.75. The Bertz CT molecular complexity index is 1440. The number of nitrogens with zero attached hydrogens (tertiary/aromatic N) is 6. The van der Waals surface area contributed by atoms with Crippen molar-refractivity contribution in [3.8, 4) is 17.1 Å². The van der Waals surface area contributed by atoms with E-state index in [1.54, 1.807) is 11.6 Å². The van der Waals surface area contributed by atoms with E-state index in [9.17, 15) is 4.79 Å². The van der Waals surface area contributed by atoms with Crippen molar-refractivity contribution in [2.75, 3.05) is 32.6 Å². The van der Waals surface area contributed by atoms with Gasteiger partial charge in [-0.25, -0.2) is 9.97 Å². The molecular formula is C25H26BrN7O2. The minimum atomic E-state index is -0.455. The Morgan fingerprint density at radius 3 is 2.63 bits per heavy atom. The molecule has 1 amide bonds. The zero-order chi connectivity index (χ0) is 24.3. The molecule has 2 saturated heterocycles. The van der Waals surface area contributed by atoms with Crippen molar-refractivity contribution in [2.24, 2.45) is 0 Å². The highest BCUT2D eigenvalue weighted by atomic mass is 79.9. The molecule has 10 heteroatoms. The monoisotopic (exact) mass is 535 g/mol. The van der Waals surface area contributed by atoms with E-state index in [1.807, 2.05) is 54.3 Å². The topological polar surface area (TPSA) is 87.9 Å². The molecule has 6 rings (SSSR count). The molecule has 4 aromatic rings. The Balaban J connectivity index is 1.39. The second-order valence-electron chi connectivity index (χ2n) is 9.31. The van der Waals surface area contributed by atoms with Gasteiger partial charge >= 0.3 is 0 Å². The van der Waals surface area contributed by atoms with Gasteiger partial charge < -0.3 is 15.0 Å². The number of nitrogens with one attached hydrogen (secondary N) is 1. The fraction of sp³-hybridized carbons (Fsp3) is 0.360. The summed E-state index contributed by atoms with van der Waals surface area (Å²) in [5, 5.41) is 8.98. The van der Waals surface area contributed by atoms with Crippen LogP contribution in [0, 0.1) is 0 Å². The molecule has 0 radical (unpaired) electrons. The fourth-order valence-electron chi connectivity index (χ4n) is 5.19. The number of hydrogen-bond donors (Lipinski definition) is 1. The standard InChI is InChI=1S/C25H26BrN7O2/c1-14(24(34)32-13-16-11-17(32)12-31(16)2)27-25-28-21-19(5-4-6-20(21)26)23-29-22(30-33(23)25)15-7-9-18(35-3)10-8-15/h4-10,14,16-17H,11-13H2,1-3H3,(H,27,28)/t14-,16?,17-/m1/s1. The molecule has 2 fully saturated rings. The number of amides is 1. The highest BCUT2D eigenvalue weighted by molar-refractivity contribution is 9.10. The third kappa shape index (κ3) is 3.71. The maximum atomic E-state index is 13.4. The van der Waals surface area contributed by atoms with Crippen LogP contribution in [0.2, 0.25) is 0 Å². The number of rotatable bonds is 5. The molecule has 0 saturated carbocycles. The maximum Gasteiger partial charge on any atom is 0.245 e. The Kier molecular flexibility index (Phi) is 5.37. The van der Waals surface area contributed by atoms with E-state index < -0.39 is 6.04 Å². The molecule has 2 aromatic carbocycles. The number of benzene rings is 2. The first-order chi connectivity index (χ1) is 16.9. The molecule has 0 spiro atoms. The van der Waals surface area contributed by atoms with E-state index in [0.717, 1.165) is 46.2 Å². The lowest BCUT2D eigenvalue weighted by Crippen LogP contribution is -2.51. The largest absolute Gasteiger partial charge is 0.497 e. The van der Waals surface area contributed by atoms with Crippen molar-refractivity contribution in [1.82, 2.24) is 29.4 Å². The van der Waals surface area contributed by atoms with Gasteiger partial charge in [-0.2, -0.15) is 4.52 Å². The van der Waals surface area contributed by atoms with Crippen LogP contribution < -0.4 is 10.1 Å². The molecule has 2 bridgehead atoms. The summed E-state index contributed by atoms with van der Waals surface area (Å²) in [6.07, 6.45) is 1.05. The van der Waals surface area contributed by atoms with Gasteiger partial charge in [0.2, 0.25) is 11.9 Å². The number of halogens is 1. The predicted molar refractivity (Wildman–Crippen MR) is 138 cm³/mol. The number of hydrogen-bond acceptors (Lipinski definition) is 7. The lowest BCUT2D eigenvalue weighted by molar-refractivity contribution is -0.133. The first kappa shape index (κ1) is 22.2. The fourth-order valence-corrected chi connectivity index (χ4v) is 5.65. The van der Waals surface area contributed by atoms with E-state index >= 15 is 0 Å². The Labute approximate surface area is 211 Å². The van der Waals surface area contributed by atoms with Crippen LogP contribution in [0.1, 0.15) is 13.3 Å². The van der Waals surface area contributed by atoms with Gasteiger partial charge in [0.05, 0.1) is 12.6 Å². The Morgan fingerprint density at radius 1 is 1.14 bits per heavy atom. The van der Waals surface area contributed by atoms with Gasteiger partial charge in [-0.15, -0.1) is 5.10 Å².